The number of carbonyl (C=O) groups is 3. The van der Waals surface area contributed by atoms with E-state index < -0.39 is 30.2 Å². The molecule has 1 fully saturated rings. The molecule has 28 heavy (non-hydrogen) atoms. The number of amides is 1. The van der Waals surface area contributed by atoms with Gasteiger partial charge in [0.05, 0.1) is 6.54 Å². The predicted octanol–water partition coefficient (Wildman–Crippen LogP) is -0.582. The number of benzene rings is 1. The Morgan fingerprint density at radius 2 is 1.93 bits per heavy atom. The quantitative estimate of drug-likeness (QED) is 0.225. The van der Waals surface area contributed by atoms with Gasteiger partial charge in [-0.1, -0.05) is 0 Å². The number of phenolic OH excluding ortho intramolecular Hbond substituents is 1. The Kier molecular flexibility index (Phi) is 10.8. The van der Waals surface area contributed by atoms with Crippen LogP contribution in [-0.4, -0.2) is 64.3 Å². The minimum atomic E-state index is -5.15. The Morgan fingerprint density at radius 3 is 2.21 bits per heavy atom. The molecular weight excluding hydrogens is 435 g/mol. The maximum absolute atomic E-state index is 11.0. The van der Waals surface area contributed by atoms with Crippen molar-refractivity contribution in [2.45, 2.75) is 39.7 Å². The number of hydrogen-bond acceptors (Lipinski definition) is 7. The van der Waals surface area contributed by atoms with Gasteiger partial charge >= 0.3 is 88.1 Å². The Hall–Kier alpha value is -2.13. The maximum atomic E-state index is 11.0. The van der Waals surface area contributed by atoms with Gasteiger partial charge in [-0.15, -0.1) is 0 Å². The van der Waals surface area contributed by atoms with E-state index in [0.717, 1.165) is 19.0 Å². The zero-order valence-electron chi connectivity index (χ0n) is 16.3. The molecule has 1 aliphatic rings. The van der Waals surface area contributed by atoms with E-state index in [2.05, 4.69) is 15.4 Å². The average Bonchev–Trinajstić information content (AvgIpc) is 2.99. The standard InChI is InChI=1S/C8H10AsNO5.C5H10O2.C4H7NO/c1-5(11)10-7-4-2-3-6(8(7)12)9(13,14)15;1-5(2,3)7-4-6;6-4-1-2-5-3-4/h2-4,12H,1H3,(H,10,11)(H2,13,14,15);4H,1-3H3;5H,1-3H2. The van der Waals surface area contributed by atoms with Crippen molar-refractivity contribution in [3.8, 4) is 5.75 Å². The summed E-state index contributed by atoms with van der Waals surface area (Å²) in [5, 5.41) is 14.7. The van der Waals surface area contributed by atoms with Crippen LogP contribution in [-0.2, 0) is 22.9 Å². The Morgan fingerprint density at radius 1 is 1.32 bits per heavy atom. The molecule has 1 saturated heterocycles. The second-order valence-electron chi connectivity index (χ2n) is 6.69. The second-order valence-corrected chi connectivity index (χ2v) is 9.98. The molecule has 0 radical (unpaired) electrons. The number of Topliss-reactive ketones (excluding diaryl/α,β-unsaturated/α-hetero) is 1. The first-order valence-corrected chi connectivity index (χ1v) is 11.7. The Bertz CT molecular complexity index is 716. The van der Waals surface area contributed by atoms with Crippen molar-refractivity contribution >= 4 is 42.4 Å². The first-order valence-electron chi connectivity index (χ1n) is 8.27. The molecule has 2 rings (SSSR count). The van der Waals surface area contributed by atoms with E-state index in [1.807, 2.05) is 20.8 Å². The van der Waals surface area contributed by atoms with E-state index in [1.54, 1.807) is 0 Å². The number of phenols is 1. The third-order valence-corrected chi connectivity index (χ3v) is 5.02. The zero-order valence-corrected chi connectivity index (χ0v) is 18.1. The van der Waals surface area contributed by atoms with Crippen LogP contribution in [0.25, 0.3) is 0 Å². The van der Waals surface area contributed by atoms with E-state index in [-0.39, 0.29) is 11.3 Å². The number of ether oxygens (including phenoxy) is 1. The van der Waals surface area contributed by atoms with Crippen molar-refractivity contribution in [1.29, 1.82) is 0 Å². The van der Waals surface area contributed by atoms with Gasteiger partial charge in [0.15, 0.2) is 0 Å². The van der Waals surface area contributed by atoms with E-state index in [1.165, 1.54) is 19.1 Å². The topological polar surface area (TPSA) is 162 Å². The van der Waals surface area contributed by atoms with Crippen molar-refractivity contribution in [2.75, 3.05) is 18.4 Å². The van der Waals surface area contributed by atoms with Crippen LogP contribution in [0.4, 0.5) is 5.69 Å². The van der Waals surface area contributed by atoms with Gasteiger partial charge in [0.2, 0.25) is 0 Å². The molecule has 0 atom stereocenters. The molecule has 1 aliphatic heterocycles. The van der Waals surface area contributed by atoms with Crippen LogP contribution in [0.3, 0.4) is 0 Å². The fraction of sp³-hybridized carbons (Fsp3) is 0.471. The van der Waals surface area contributed by atoms with Gasteiger partial charge in [-0.3, -0.25) is 9.59 Å². The van der Waals surface area contributed by atoms with Crippen LogP contribution in [0.2, 0.25) is 0 Å². The number of nitrogens with one attached hydrogen (secondary N) is 2. The zero-order chi connectivity index (χ0) is 22.0. The molecule has 10 nitrogen and oxygen atoms in total. The van der Waals surface area contributed by atoms with Crippen LogP contribution < -0.4 is 15.0 Å². The number of aromatic hydroxyl groups is 1. The van der Waals surface area contributed by atoms with Crippen molar-refractivity contribution in [1.82, 2.24) is 5.32 Å². The number of carbonyl (C=O) groups excluding carboxylic acids is 3. The summed E-state index contributed by atoms with van der Waals surface area (Å²) in [6.07, 6.45) is 0.736. The van der Waals surface area contributed by atoms with Crippen LogP contribution in [0.5, 0.6) is 5.75 Å². The molecule has 0 saturated carbocycles. The van der Waals surface area contributed by atoms with Crippen LogP contribution in [0.1, 0.15) is 34.1 Å². The van der Waals surface area contributed by atoms with Crippen LogP contribution >= 0.6 is 0 Å². The number of rotatable bonds is 3. The van der Waals surface area contributed by atoms with Crippen molar-refractivity contribution in [3.05, 3.63) is 18.2 Å². The fourth-order valence-electron chi connectivity index (χ4n) is 1.75. The summed E-state index contributed by atoms with van der Waals surface area (Å²) in [5.74, 6) is -0.671. The summed E-state index contributed by atoms with van der Waals surface area (Å²) in [7, 11) is 0. The maximum Gasteiger partial charge on any atom is 0.293 e. The van der Waals surface area contributed by atoms with Crippen molar-refractivity contribution in [3.63, 3.8) is 0 Å². The second kappa shape index (κ2) is 11.7. The molecule has 1 aromatic carbocycles. The number of anilines is 1. The third-order valence-electron chi connectivity index (χ3n) is 2.94. The molecule has 1 aromatic rings. The Balaban J connectivity index is 0.000000462. The van der Waals surface area contributed by atoms with E-state index in [4.69, 9.17) is 8.19 Å². The minimum absolute atomic E-state index is 0.00951. The van der Waals surface area contributed by atoms with Crippen LogP contribution in [0.15, 0.2) is 18.2 Å². The third kappa shape index (κ3) is 11.6. The molecule has 5 N–H and O–H groups in total. The summed E-state index contributed by atoms with van der Waals surface area (Å²) in [6, 6.07) is 3.83. The van der Waals surface area contributed by atoms with Crippen molar-refractivity contribution < 1.29 is 36.2 Å². The normalized spacial score (nSPS) is 13.4. The van der Waals surface area contributed by atoms with E-state index >= 15 is 0 Å². The monoisotopic (exact) mass is 462 g/mol. The molecule has 1 heterocycles. The summed E-state index contributed by atoms with van der Waals surface area (Å²) in [4.78, 5) is 30.5. The summed E-state index contributed by atoms with van der Waals surface area (Å²) in [6.45, 7) is 8.64. The first-order chi connectivity index (χ1) is 12.8. The summed E-state index contributed by atoms with van der Waals surface area (Å²) >= 11 is -5.15. The fourth-order valence-corrected chi connectivity index (χ4v) is 3.16. The number of hydrogen-bond donors (Lipinski definition) is 5. The molecule has 0 aromatic heterocycles. The van der Waals surface area contributed by atoms with Gasteiger partial charge in [0.25, 0.3) is 6.47 Å². The van der Waals surface area contributed by atoms with Crippen LogP contribution in [0, 0.1) is 0 Å². The number of para-hydroxylation sites is 1. The largest absolute Gasteiger partial charge is 0.462 e. The molecule has 0 bridgehead atoms. The minimum Gasteiger partial charge on any atom is -0.462 e. The smallest absolute Gasteiger partial charge is 0.293 e. The molecule has 1 amide bonds. The van der Waals surface area contributed by atoms with Gasteiger partial charge in [-0.25, -0.2) is 0 Å². The van der Waals surface area contributed by atoms with Gasteiger partial charge in [0, 0.05) is 13.0 Å². The van der Waals surface area contributed by atoms with E-state index in [9.17, 15) is 23.2 Å². The summed E-state index contributed by atoms with van der Waals surface area (Å²) < 4.78 is 32.9. The van der Waals surface area contributed by atoms with Gasteiger partial charge in [-0.2, -0.15) is 0 Å². The average molecular weight is 462 g/mol. The molecule has 11 heteroatoms. The van der Waals surface area contributed by atoms with Crippen molar-refractivity contribution in [2.24, 2.45) is 0 Å². The summed E-state index contributed by atoms with van der Waals surface area (Å²) in [5.41, 5.74) is -0.327. The molecule has 0 spiro atoms. The van der Waals surface area contributed by atoms with E-state index in [0.29, 0.717) is 18.8 Å². The molecule has 0 aliphatic carbocycles. The first kappa shape index (κ1) is 25.9. The molecule has 0 unspecified atom stereocenters. The molecule has 158 valence electrons. The number of ketones is 1. The van der Waals surface area contributed by atoms with Gasteiger partial charge in [-0.05, 0) is 20.8 Å². The van der Waals surface area contributed by atoms with Gasteiger partial charge in [0.1, 0.15) is 11.4 Å². The SMILES string of the molecule is CC(=O)Nc1cccc([As](=O)(O)O)c1O.CC(C)(C)OC=O.O=C1CCNC1. The van der Waals surface area contributed by atoms with Gasteiger partial charge < -0.3 is 10.1 Å². The predicted molar refractivity (Wildman–Crippen MR) is 102 cm³/mol. The molecular formula is C17H27AsN2O8. The Labute approximate surface area is 166 Å².